The Morgan fingerprint density at radius 3 is 2.53 bits per heavy atom. The molecule has 3 heterocycles. The second kappa shape index (κ2) is 13.4. The van der Waals surface area contributed by atoms with Gasteiger partial charge in [-0.3, -0.25) is 9.89 Å². The first-order valence-corrected chi connectivity index (χ1v) is 16.5. The number of benzene rings is 2. The number of amides is 1. The minimum absolute atomic E-state index is 0.0399. The highest BCUT2D eigenvalue weighted by Gasteiger charge is 2.41. The average molecular weight is 646 g/mol. The number of carbonyl (C=O) groups is 1. The maximum absolute atomic E-state index is 13.9. The molecule has 0 unspecified atom stereocenters. The molecule has 5 rings (SSSR count). The average Bonchev–Trinajstić information content (AvgIpc) is 3.38. The monoisotopic (exact) mass is 645 g/mol. The van der Waals surface area contributed by atoms with Crippen molar-refractivity contribution in [3.63, 3.8) is 0 Å². The van der Waals surface area contributed by atoms with E-state index in [9.17, 15) is 22.0 Å². The normalized spacial score (nSPS) is 17.2. The van der Waals surface area contributed by atoms with Crippen LogP contribution in [0.4, 0.5) is 26.0 Å². The topological polar surface area (TPSA) is 132 Å². The molecule has 2 aliphatic heterocycles. The number of anilines is 3. The van der Waals surface area contributed by atoms with E-state index in [-0.39, 0.29) is 24.9 Å². The molecule has 1 amide bonds. The van der Waals surface area contributed by atoms with Gasteiger partial charge in [0.05, 0.1) is 10.5 Å². The van der Waals surface area contributed by atoms with E-state index in [4.69, 9.17) is 4.74 Å². The van der Waals surface area contributed by atoms with Gasteiger partial charge in [0, 0.05) is 73.0 Å². The Bertz CT molecular complexity index is 1620. The Hall–Kier alpha value is -3.59. The lowest BCUT2D eigenvalue weighted by Gasteiger charge is -2.36. The molecule has 14 heteroatoms. The van der Waals surface area contributed by atoms with E-state index in [0.717, 1.165) is 54.5 Å². The molecule has 0 saturated carbocycles. The minimum Gasteiger partial charge on any atom is -0.385 e. The lowest BCUT2D eigenvalue weighted by atomic mass is 9.84. The lowest BCUT2D eigenvalue weighted by molar-refractivity contribution is 0.0904. The minimum atomic E-state index is -4.27. The molecule has 0 aliphatic carbocycles. The lowest BCUT2D eigenvalue weighted by Crippen LogP contribution is -2.45. The number of halogens is 2. The Morgan fingerprint density at radius 2 is 1.84 bits per heavy atom. The quantitative estimate of drug-likeness (QED) is 0.226. The predicted molar refractivity (Wildman–Crippen MR) is 169 cm³/mol. The number of hydrogen-bond acceptors (Lipinski definition) is 8. The molecule has 4 N–H and O–H groups in total. The molecule has 2 aliphatic rings. The molecule has 2 aromatic carbocycles. The number of nitrogens with one attached hydrogen (secondary N) is 4. The number of hydrogen-bond donors (Lipinski definition) is 4. The molecule has 244 valence electrons. The van der Waals surface area contributed by atoms with Crippen molar-refractivity contribution in [2.45, 2.75) is 56.0 Å². The first-order valence-electron chi connectivity index (χ1n) is 15.1. The Labute approximate surface area is 262 Å². The molecule has 3 aromatic rings. The highest BCUT2D eigenvalue weighted by Crippen LogP contribution is 2.38. The number of fused-ring (bicyclic) bond motifs is 1. The molecule has 1 saturated heterocycles. The van der Waals surface area contributed by atoms with Crippen molar-refractivity contribution in [1.82, 2.24) is 19.4 Å². The zero-order valence-electron chi connectivity index (χ0n) is 26.0. The smallest absolute Gasteiger partial charge is 0.258 e. The van der Waals surface area contributed by atoms with Gasteiger partial charge in [-0.25, -0.2) is 17.2 Å². The summed E-state index contributed by atoms with van der Waals surface area (Å²) < 4.78 is 61.6. The van der Waals surface area contributed by atoms with Crippen molar-refractivity contribution in [1.29, 1.82) is 0 Å². The third kappa shape index (κ3) is 7.63. The van der Waals surface area contributed by atoms with Crippen molar-refractivity contribution in [3.05, 3.63) is 64.9 Å². The van der Waals surface area contributed by atoms with Crippen molar-refractivity contribution in [2.75, 3.05) is 62.9 Å². The summed E-state index contributed by atoms with van der Waals surface area (Å²) in [5, 5.41) is 17.2. The zero-order valence-corrected chi connectivity index (χ0v) is 26.9. The fourth-order valence-electron chi connectivity index (χ4n) is 5.77. The number of rotatable bonds is 11. The van der Waals surface area contributed by atoms with Crippen molar-refractivity contribution < 1.29 is 26.7 Å². The predicted octanol–water partition coefficient (Wildman–Crippen LogP) is 4.38. The van der Waals surface area contributed by atoms with Crippen LogP contribution in [0.5, 0.6) is 0 Å². The van der Waals surface area contributed by atoms with Crippen molar-refractivity contribution in [2.24, 2.45) is 0 Å². The van der Waals surface area contributed by atoms with Gasteiger partial charge in [0.25, 0.3) is 5.91 Å². The van der Waals surface area contributed by atoms with Gasteiger partial charge in [-0.2, -0.15) is 9.40 Å². The van der Waals surface area contributed by atoms with E-state index in [2.05, 4.69) is 31.0 Å². The van der Waals surface area contributed by atoms with Crippen molar-refractivity contribution in [3.8, 4) is 0 Å². The van der Waals surface area contributed by atoms with E-state index in [1.807, 2.05) is 40.1 Å². The third-order valence-electron chi connectivity index (χ3n) is 8.11. The summed E-state index contributed by atoms with van der Waals surface area (Å²) in [5.74, 6) is -2.19. The summed E-state index contributed by atoms with van der Waals surface area (Å²) in [5.41, 5.74) is 2.38. The van der Waals surface area contributed by atoms with Crippen molar-refractivity contribution >= 4 is 33.1 Å². The SMILES string of the molecule is CN(C)CCCNc1ccc(C(=O)Nc2n[nH]c3c2CN(S(=O)(=O)c2cc(F)cc(F)c2)CC3(C)C)c(NC2CCOCC2)c1. The van der Waals surface area contributed by atoms with Gasteiger partial charge in [-0.15, -0.1) is 0 Å². The van der Waals surface area contributed by atoms with Gasteiger partial charge in [0.1, 0.15) is 11.6 Å². The van der Waals surface area contributed by atoms with Crippen LogP contribution in [0, 0.1) is 11.6 Å². The van der Waals surface area contributed by atoms with Gasteiger partial charge >= 0.3 is 0 Å². The Kier molecular flexibility index (Phi) is 9.77. The molecule has 0 bridgehead atoms. The molecule has 1 fully saturated rings. The van der Waals surface area contributed by atoms with Crippen LogP contribution >= 0.6 is 0 Å². The number of H-pyrrole nitrogens is 1. The van der Waals surface area contributed by atoms with Crippen LogP contribution in [0.25, 0.3) is 0 Å². The summed E-state index contributed by atoms with van der Waals surface area (Å²) in [4.78, 5) is 15.4. The van der Waals surface area contributed by atoms with Gasteiger partial charge in [0.15, 0.2) is 5.82 Å². The zero-order chi connectivity index (χ0) is 32.4. The summed E-state index contributed by atoms with van der Waals surface area (Å²) >= 11 is 0. The number of nitrogens with zero attached hydrogens (tertiary/aromatic N) is 3. The van der Waals surface area contributed by atoms with E-state index in [1.54, 1.807) is 6.07 Å². The molecular weight excluding hydrogens is 604 g/mol. The van der Waals surface area contributed by atoms with E-state index < -0.39 is 37.9 Å². The van der Waals surface area contributed by atoms with Crippen LogP contribution < -0.4 is 16.0 Å². The molecular formula is C31H41F2N7O4S. The number of ether oxygens (including phenoxy) is 1. The maximum atomic E-state index is 13.9. The van der Waals surface area contributed by atoms with Gasteiger partial charge in [-0.05, 0) is 70.2 Å². The molecule has 0 atom stereocenters. The first-order chi connectivity index (χ1) is 21.3. The molecule has 0 spiro atoms. The fourth-order valence-corrected chi connectivity index (χ4v) is 7.38. The standard InChI is InChI=1S/C31H41F2N7O4S/c1-31(2)19-40(45(42,43)24-15-20(32)14-21(33)16-24)18-26-28(31)37-38-29(26)36-30(41)25-7-6-23(34-10-5-11-39(3)4)17-27(25)35-22-8-12-44-13-9-22/h6-7,14-17,22,34-35H,5,8-13,18-19H2,1-4H3,(H2,36,37,38,41). The second-order valence-corrected chi connectivity index (χ2v) is 14.5. The van der Waals surface area contributed by atoms with Crippen LogP contribution in [0.15, 0.2) is 41.3 Å². The van der Waals surface area contributed by atoms with Crippen LogP contribution in [0.1, 0.15) is 54.7 Å². The Morgan fingerprint density at radius 1 is 1.13 bits per heavy atom. The summed E-state index contributed by atoms with van der Waals surface area (Å²) in [6.07, 6.45) is 2.57. The number of carbonyl (C=O) groups excluding carboxylic acids is 1. The van der Waals surface area contributed by atoms with Crippen LogP contribution in [0.3, 0.4) is 0 Å². The Balaban J connectivity index is 1.40. The van der Waals surface area contributed by atoms with Crippen LogP contribution in [-0.2, 0) is 26.7 Å². The third-order valence-corrected chi connectivity index (χ3v) is 9.88. The van der Waals surface area contributed by atoms with E-state index in [1.165, 1.54) is 0 Å². The molecule has 1 aromatic heterocycles. The van der Waals surface area contributed by atoms with Gasteiger partial charge < -0.3 is 25.6 Å². The van der Waals surface area contributed by atoms with Crippen LogP contribution in [0.2, 0.25) is 0 Å². The maximum Gasteiger partial charge on any atom is 0.258 e. The van der Waals surface area contributed by atoms with Gasteiger partial charge in [-0.1, -0.05) is 13.8 Å². The number of sulfonamides is 1. The number of aromatic nitrogens is 2. The molecule has 45 heavy (non-hydrogen) atoms. The van der Waals surface area contributed by atoms with Gasteiger partial charge in [0.2, 0.25) is 10.0 Å². The highest BCUT2D eigenvalue weighted by atomic mass is 32.2. The van der Waals surface area contributed by atoms with E-state index in [0.29, 0.717) is 41.8 Å². The molecule has 11 nitrogen and oxygen atoms in total. The number of aromatic amines is 1. The van der Waals surface area contributed by atoms with Crippen LogP contribution in [-0.4, -0.2) is 86.7 Å². The largest absolute Gasteiger partial charge is 0.385 e. The fraction of sp³-hybridized carbons (Fsp3) is 0.484. The summed E-state index contributed by atoms with van der Waals surface area (Å²) in [6.45, 7) is 6.57. The first kappa shape index (κ1) is 32.8. The second-order valence-electron chi connectivity index (χ2n) is 12.5. The summed E-state index contributed by atoms with van der Waals surface area (Å²) in [6, 6.07) is 7.90. The summed E-state index contributed by atoms with van der Waals surface area (Å²) in [7, 11) is -0.208. The molecule has 0 radical (unpaired) electrons. The van der Waals surface area contributed by atoms with E-state index >= 15 is 0 Å². The highest BCUT2D eigenvalue weighted by molar-refractivity contribution is 7.89.